The van der Waals surface area contributed by atoms with E-state index in [-0.39, 0.29) is 15.2 Å². The molecule has 0 atom stereocenters. The van der Waals surface area contributed by atoms with Gasteiger partial charge in [-0.25, -0.2) is 13.4 Å². The maximum Gasteiger partial charge on any atom is 0.211 e. The summed E-state index contributed by atoms with van der Waals surface area (Å²) in [6.45, 7) is 7.85. The Bertz CT molecular complexity index is 1450. The summed E-state index contributed by atoms with van der Waals surface area (Å²) in [6, 6.07) is 17.6. The first-order valence-corrected chi connectivity index (χ1v) is 11.3. The zero-order chi connectivity index (χ0) is 22.2. The van der Waals surface area contributed by atoms with E-state index in [1.807, 2.05) is 38.1 Å². The summed E-state index contributed by atoms with van der Waals surface area (Å²) >= 11 is 0. The Morgan fingerprint density at radius 1 is 0.968 bits per heavy atom. The van der Waals surface area contributed by atoms with Gasteiger partial charge in [-0.05, 0) is 49.2 Å². The minimum atomic E-state index is -3.99. The molecule has 0 aliphatic carbocycles. The van der Waals surface area contributed by atoms with Gasteiger partial charge >= 0.3 is 0 Å². The maximum absolute atomic E-state index is 13.3. The minimum Gasteiger partial charge on any atom is -0.327 e. The van der Waals surface area contributed by atoms with Crippen LogP contribution >= 0.6 is 0 Å². The number of sulfone groups is 1. The van der Waals surface area contributed by atoms with Crippen molar-refractivity contribution in [3.8, 4) is 0 Å². The van der Waals surface area contributed by atoms with Crippen molar-refractivity contribution in [2.24, 2.45) is 0 Å². The SMILES string of the molecule is C=Cc1ccc(Cn2cc(S(=O)(=O)c3ccc(C)cc3)c(=O)c3ccc(C)nc32)cc1. The first kappa shape index (κ1) is 20.8. The van der Waals surface area contributed by atoms with Crippen molar-refractivity contribution in [2.45, 2.75) is 30.2 Å². The van der Waals surface area contributed by atoms with E-state index < -0.39 is 15.3 Å². The monoisotopic (exact) mass is 430 g/mol. The predicted octanol–water partition coefficient (Wildman–Crippen LogP) is 4.54. The zero-order valence-corrected chi connectivity index (χ0v) is 18.2. The Morgan fingerprint density at radius 2 is 1.65 bits per heavy atom. The van der Waals surface area contributed by atoms with Crippen LogP contribution in [0.5, 0.6) is 0 Å². The normalized spacial score (nSPS) is 11.5. The summed E-state index contributed by atoms with van der Waals surface area (Å²) in [5.41, 5.74) is 3.55. The van der Waals surface area contributed by atoms with E-state index >= 15 is 0 Å². The van der Waals surface area contributed by atoms with Crippen molar-refractivity contribution in [2.75, 3.05) is 0 Å². The number of nitrogens with zero attached hydrogens (tertiary/aromatic N) is 2. The van der Waals surface area contributed by atoms with Crippen molar-refractivity contribution in [3.05, 3.63) is 106 Å². The molecule has 156 valence electrons. The van der Waals surface area contributed by atoms with Crippen LogP contribution in [0.25, 0.3) is 17.1 Å². The Kier molecular flexibility index (Phi) is 5.33. The smallest absolute Gasteiger partial charge is 0.211 e. The molecule has 0 bridgehead atoms. The van der Waals surface area contributed by atoms with Gasteiger partial charge in [0.15, 0.2) is 0 Å². The Hall–Kier alpha value is -3.51. The van der Waals surface area contributed by atoms with Crippen LogP contribution in [0, 0.1) is 13.8 Å². The van der Waals surface area contributed by atoms with Crippen LogP contribution in [0.4, 0.5) is 0 Å². The molecular weight excluding hydrogens is 408 g/mol. The third-order valence-electron chi connectivity index (χ3n) is 5.22. The van der Waals surface area contributed by atoms with Crippen LogP contribution < -0.4 is 5.43 Å². The van der Waals surface area contributed by atoms with E-state index in [2.05, 4.69) is 11.6 Å². The molecule has 0 spiro atoms. The van der Waals surface area contributed by atoms with Gasteiger partial charge in [-0.3, -0.25) is 4.79 Å². The van der Waals surface area contributed by atoms with Crippen LogP contribution in [0.1, 0.15) is 22.4 Å². The van der Waals surface area contributed by atoms with Gasteiger partial charge in [-0.15, -0.1) is 0 Å². The Labute approximate surface area is 181 Å². The molecule has 2 heterocycles. The van der Waals surface area contributed by atoms with Gasteiger partial charge in [0.25, 0.3) is 0 Å². The third-order valence-corrected chi connectivity index (χ3v) is 6.98. The fraction of sp³-hybridized carbons (Fsp3) is 0.120. The summed E-state index contributed by atoms with van der Waals surface area (Å²) in [5.74, 6) is 0. The van der Waals surface area contributed by atoms with Crippen molar-refractivity contribution in [1.82, 2.24) is 9.55 Å². The summed E-state index contributed by atoms with van der Waals surface area (Å²) in [7, 11) is -3.99. The maximum atomic E-state index is 13.3. The predicted molar refractivity (Wildman–Crippen MR) is 123 cm³/mol. The number of fused-ring (bicyclic) bond motifs is 1. The highest BCUT2D eigenvalue weighted by atomic mass is 32.2. The second-order valence-electron chi connectivity index (χ2n) is 7.54. The van der Waals surface area contributed by atoms with E-state index in [4.69, 9.17) is 0 Å². The highest BCUT2D eigenvalue weighted by Gasteiger charge is 2.24. The van der Waals surface area contributed by atoms with Crippen molar-refractivity contribution in [3.63, 3.8) is 0 Å². The quantitative estimate of drug-likeness (QED) is 0.466. The highest BCUT2D eigenvalue weighted by molar-refractivity contribution is 7.91. The van der Waals surface area contributed by atoms with E-state index in [0.29, 0.717) is 12.2 Å². The topological polar surface area (TPSA) is 69.0 Å². The Balaban J connectivity index is 1.93. The zero-order valence-electron chi connectivity index (χ0n) is 17.4. The molecule has 31 heavy (non-hydrogen) atoms. The molecule has 0 N–H and O–H groups in total. The first-order valence-electron chi connectivity index (χ1n) is 9.83. The summed E-state index contributed by atoms with van der Waals surface area (Å²) in [6.07, 6.45) is 3.17. The van der Waals surface area contributed by atoms with Crippen LogP contribution in [-0.2, 0) is 16.4 Å². The molecule has 0 fully saturated rings. The van der Waals surface area contributed by atoms with E-state index in [0.717, 1.165) is 22.4 Å². The molecule has 0 aliphatic heterocycles. The van der Waals surface area contributed by atoms with Gasteiger partial charge < -0.3 is 4.57 Å². The number of benzene rings is 2. The van der Waals surface area contributed by atoms with Gasteiger partial charge in [0.2, 0.25) is 15.3 Å². The van der Waals surface area contributed by atoms with Gasteiger partial charge in [-0.1, -0.05) is 54.6 Å². The molecule has 0 saturated heterocycles. The lowest BCUT2D eigenvalue weighted by atomic mass is 10.1. The molecule has 5 nitrogen and oxygen atoms in total. The molecule has 6 heteroatoms. The second kappa shape index (κ2) is 7.96. The molecule has 0 saturated carbocycles. The van der Waals surface area contributed by atoms with E-state index in [9.17, 15) is 13.2 Å². The average molecular weight is 431 g/mol. The first-order chi connectivity index (χ1) is 14.8. The van der Waals surface area contributed by atoms with Gasteiger partial charge in [0.05, 0.1) is 10.3 Å². The van der Waals surface area contributed by atoms with Crippen molar-refractivity contribution >= 4 is 26.9 Å². The van der Waals surface area contributed by atoms with Gasteiger partial charge in [0, 0.05) is 18.4 Å². The number of aryl methyl sites for hydroxylation is 2. The Morgan fingerprint density at radius 3 is 2.29 bits per heavy atom. The van der Waals surface area contributed by atoms with Crippen molar-refractivity contribution < 1.29 is 8.42 Å². The molecule has 0 aliphatic rings. The lowest BCUT2D eigenvalue weighted by Crippen LogP contribution is -2.20. The molecule has 4 rings (SSSR count). The lowest BCUT2D eigenvalue weighted by Gasteiger charge is -2.14. The van der Waals surface area contributed by atoms with Crippen LogP contribution in [0.2, 0.25) is 0 Å². The lowest BCUT2D eigenvalue weighted by molar-refractivity contribution is 0.594. The fourth-order valence-electron chi connectivity index (χ4n) is 3.45. The number of aromatic nitrogens is 2. The van der Waals surface area contributed by atoms with Gasteiger partial charge in [0.1, 0.15) is 10.5 Å². The van der Waals surface area contributed by atoms with E-state index in [1.165, 1.54) is 18.3 Å². The molecule has 0 unspecified atom stereocenters. The molecular formula is C25H22N2O3S. The van der Waals surface area contributed by atoms with Crippen LogP contribution in [-0.4, -0.2) is 18.0 Å². The summed E-state index contributed by atoms with van der Waals surface area (Å²) in [5, 5.41) is 0.279. The third kappa shape index (κ3) is 3.94. The second-order valence-corrected chi connectivity index (χ2v) is 9.45. The largest absolute Gasteiger partial charge is 0.327 e. The van der Waals surface area contributed by atoms with E-state index in [1.54, 1.807) is 34.9 Å². The van der Waals surface area contributed by atoms with Crippen LogP contribution in [0.15, 0.2) is 88.0 Å². The molecule has 2 aromatic carbocycles. The number of hydrogen-bond donors (Lipinski definition) is 0. The van der Waals surface area contributed by atoms with Gasteiger partial charge in [-0.2, -0.15) is 0 Å². The fourth-order valence-corrected chi connectivity index (χ4v) is 4.81. The number of hydrogen-bond acceptors (Lipinski definition) is 4. The summed E-state index contributed by atoms with van der Waals surface area (Å²) < 4.78 is 28.4. The molecule has 4 aromatic rings. The average Bonchev–Trinajstić information content (AvgIpc) is 2.76. The molecule has 2 aromatic heterocycles. The molecule has 0 radical (unpaired) electrons. The van der Waals surface area contributed by atoms with Crippen molar-refractivity contribution in [1.29, 1.82) is 0 Å². The molecule has 0 amide bonds. The minimum absolute atomic E-state index is 0.0940. The summed E-state index contributed by atoms with van der Waals surface area (Å²) in [4.78, 5) is 17.5. The standard InChI is InChI=1S/C25H22N2O3S/c1-4-19-8-10-20(11-9-19)15-27-16-23(24(28)22-14-7-18(3)26-25(22)27)31(29,30)21-12-5-17(2)6-13-21/h4-14,16H,1,15H2,2-3H3. The number of rotatable bonds is 5. The number of pyridine rings is 2. The highest BCUT2D eigenvalue weighted by Crippen LogP contribution is 2.22. The van der Waals surface area contributed by atoms with Crippen LogP contribution in [0.3, 0.4) is 0 Å².